The topological polar surface area (TPSA) is 35.8 Å². The van der Waals surface area contributed by atoms with E-state index < -0.39 is 0 Å². The van der Waals surface area contributed by atoms with Crippen LogP contribution in [0.4, 0.5) is 10.1 Å². The smallest absolute Gasteiger partial charge is 0.124 e. The number of nitriles is 1. The van der Waals surface area contributed by atoms with Crippen LogP contribution >= 0.6 is 0 Å². The first-order valence-electron chi connectivity index (χ1n) is 6.56. The van der Waals surface area contributed by atoms with Gasteiger partial charge in [-0.25, -0.2) is 4.39 Å². The first-order valence-corrected chi connectivity index (χ1v) is 6.56. The second kappa shape index (κ2) is 5.39. The van der Waals surface area contributed by atoms with E-state index in [0.717, 1.165) is 18.0 Å². The van der Waals surface area contributed by atoms with Gasteiger partial charge in [-0.1, -0.05) is 13.8 Å². The molecule has 0 aromatic heterocycles. The molecule has 3 unspecified atom stereocenters. The highest BCUT2D eigenvalue weighted by molar-refractivity contribution is 5.58. The first-order chi connectivity index (χ1) is 8.60. The molecule has 2 rings (SSSR count). The fraction of sp³-hybridized carbons (Fsp3) is 0.533. The Morgan fingerprint density at radius 1 is 1.33 bits per heavy atom. The van der Waals surface area contributed by atoms with Gasteiger partial charge in [-0.2, -0.15) is 5.26 Å². The fourth-order valence-corrected chi connectivity index (χ4v) is 2.81. The summed E-state index contributed by atoms with van der Waals surface area (Å²) in [7, 11) is 0. The number of rotatable bonds is 2. The number of hydrogen-bond acceptors (Lipinski definition) is 2. The van der Waals surface area contributed by atoms with E-state index in [9.17, 15) is 4.39 Å². The van der Waals surface area contributed by atoms with Gasteiger partial charge in [0, 0.05) is 6.04 Å². The zero-order valence-electron chi connectivity index (χ0n) is 10.9. The summed E-state index contributed by atoms with van der Waals surface area (Å²) in [6, 6.07) is 6.79. The molecule has 1 aliphatic carbocycles. The van der Waals surface area contributed by atoms with E-state index in [1.807, 2.05) is 6.07 Å². The third kappa shape index (κ3) is 2.81. The number of halogens is 1. The van der Waals surface area contributed by atoms with Gasteiger partial charge in [0.25, 0.3) is 0 Å². The lowest BCUT2D eigenvalue weighted by Gasteiger charge is -2.34. The average molecular weight is 246 g/mol. The summed E-state index contributed by atoms with van der Waals surface area (Å²) in [5, 5.41) is 12.4. The fourth-order valence-electron chi connectivity index (χ4n) is 2.81. The van der Waals surface area contributed by atoms with E-state index in [-0.39, 0.29) is 5.82 Å². The molecular formula is C15H19FN2. The number of hydrogen-bond donors (Lipinski definition) is 1. The van der Waals surface area contributed by atoms with E-state index in [1.165, 1.54) is 25.0 Å². The number of nitrogens with one attached hydrogen (secondary N) is 1. The molecule has 3 heteroatoms. The van der Waals surface area contributed by atoms with E-state index in [2.05, 4.69) is 19.2 Å². The molecule has 96 valence electrons. The van der Waals surface area contributed by atoms with Gasteiger partial charge in [-0.15, -0.1) is 0 Å². The maximum absolute atomic E-state index is 13.1. The molecule has 1 aliphatic rings. The molecule has 0 radical (unpaired) electrons. The average Bonchev–Trinajstić information content (AvgIpc) is 2.34. The maximum atomic E-state index is 13.1. The van der Waals surface area contributed by atoms with Crippen LogP contribution < -0.4 is 5.32 Å². The van der Waals surface area contributed by atoms with E-state index in [1.54, 1.807) is 6.07 Å². The highest BCUT2D eigenvalue weighted by Gasteiger charge is 2.25. The van der Waals surface area contributed by atoms with Crippen LogP contribution in [0.3, 0.4) is 0 Å². The van der Waals surface area contributed by atoms with Gasteiger partial charge in [-0.05, 0) is 49.3 Å². The summed E-state index contributed by atoms with van der Waals surface area (Å²) in [6.07, 6.45) is 3.54. The largest absolute Gasteiger partial charge is 0.381 e. The van der Waals surface area contributed by atoms with E-state index in [0.29, 0.717) is 17.5 Å². The highest BCUT2D eigenvalue weighted by atomic mass is 19.1. The Hall–Kier alpha value is -1.56. The standard InChI is InChI=1S/C15H19FN2/c1-10-3-5-14(11(2)7-10)18-15-6-4-13(16)8-12(15)9-17/h4,6,8,10-11,14,18H,3,5,7H2,1-2H3. The first kappa shape index (κ1) is 12.9. The van der Waals surface area contributed by atoms with Crippen molar-refractivity contribution >= 4 is 5.69 Å². The van der Waals surface area contributed by atoms with Crippen LogP contribution in [-0.4, -0.2) is 6.04 Å². The van der Waals surface area contributed by atoms with Crippen molar-refractivity contribution in [2.75, 3.05) is 5.32 Å². The van der Waals surface area contributed by atoms with Gasteiger partial charge < -0.3 is 5.32 Å². The number of benzene rings is 1. The summed E-state index contributed by atoms with van der Waals surface area (Å²) in [5.74, 6) is 1.01. The van der Waals surface area contributed by atoms with Gasteiger partial charge in [0.2, 0.25) is 0 Å². The molecular weight excluding hydrogens is 227 g/mol. The Morgan fingerprint density at radius 3 is 2.78 bits per heavy atom. The minimum absolute atomic E-state index is 0.359. The highest BCUT2D eigenvalue weighted by Crippen LogP contribution is 2.31. The Labute approximate surface area is 108 Å². The van der Waals surface area contributed by atoms with E-state index >= 15 is 0 Å². The van der Waals surface area contributed by atoms with Crippen molar-refractivity contribution in [3.63, 3.8) is 0 Å². The Morgan fingerprint density at radius 2 is 2.11 bits per heavy atom. The molecule has 1 aromatic rings. The second-order valence-corrected chi connectivity index (χ2v) is 5.45. The van der Waals surface area contributed by atoms with Crippen molar-refractivity contribution in [2.45, 2.75) is 39.2 Å². The van der Waals surface area contributed by atoms with Crippen molar-refractivity contribution in [3.05, 3.63) is 29.6 Å². The molecule has 0 heterocycles. The van der Waals surface area contributed by atoms with Crippen molar-refractivity contribution in [1.29, 1.82) is 5.26 Å². The van der Waals surface area contributed by atoms with Gasteiger partial charge in [0.05, 0.1) is 11.3 Å². The van der Waals surface area contributed by atoms with Crippen LogP contribution in [0.15, 0.2) is 18.2 Å². The molecule has 1 aromatic carbocycles. The zero-order valence-corrected chi connectivity index (χ0v) is 10.9. The molecule has 0 bridgehead atoms. The number of anilines is 1. The maximum Gasteiger partial charge on any atom is 0.124 e. The molecule has 1 fully saturated rings. The van der Waals surface area contributed by atoms with Crippen LogP contribution in [0.2, 0.25) is 0 Å². The van der Waals surface area contributed by atoms with Gasteiger partial charge in [-0.3, -0.25) is 0 Å². The minimum Gasteiger partial charge on any atom is -0.381 e. The van der Waals surface area contributed by atoms with Crippen molar-refractivity contribution < 1.29 is 4.39 Å². The third-order valence-electron chi connectivity index (χ3n) is 3.87. The van der Waals surface area contributed by atoms with Crippen molar-refractivity contribution in [1.82, 2.24) is 0 Å². The van der Waals surface area contributed by atoms with E-state index in [4.69, 9.17) is 5.26 Å². The molecule has 0 amide bonds. The molecule has 2 nitrogen and oxygen atoms in total. The second-order valence-electron chi connectivity index (χ2n) is 5.45. The van der Waals surface area contributed by atoms with Crippen LogP contribution in [0.5, 0.6) is 0 Å². The van der Waals surface area contributed by atoms with Gasteiger partial charge in [0.1, 0.15) is 11.9 Å². The predicted molar refractivity (Wildman–Crippen MR) is 70.7 cm³/mol. The normalized spacial score (nSPS) is 27.6. The van der Waals surface area contributed by atoms with Crippen LogP contribution in [0.25, 0.3) is 0 Å². The summed E-state index contributed by atoms with van der Waals surface area (Å²) in [6.45, 7) is 4.52. The van der Waals surface area contributed by atoms with Crippen LogP contribution in [0.1, 0.15) is 38.7 Å². The van der Waals surface area contributed by atoms with Crippen molar-refractivity contribution in [2.24, 2.45) is 11.8 Å². The van der Waals surface area contributed by atoms with Gasteiger partial charge >= 0.3 is 0 Å². The minimum atomic E-state index is -0.359. The van der Waals surface area contributed by atoms with Crippen LogP contribution in [-0.2, 0) is 0 Å². The lowest BCUT2D eigenvalue weighted by molar-refractivity contribution is 0.276. The third-order valence-corrected chi connectivity index (χ3v) is 3.87. The molecule has 18 heavy (non-hydrogen) atoms. The Bertz CT molecular complexity index is 464. The Kier molecular flexibility index (Phi) is 3.86. The molecule has 1 N–H and O–H groups in total. The number of nitrogens with zero attached hydrogens (tertiary/aromatic N) is 1. The summed E-state index contributed by atoms with van der Waals surface area (Å²) < 4.78 is 13.1. The van der Waals surface area contributed by atoms with Crippen molar-refractivity contribution in [3.8, 4) is 6.07 Å². The summed E-state index contributed by atoms with van der Waals surface area (Å²) in [4.78, 5) is 0. The predicted octanol–water partition coefficient (Wildman–Crippen LogP) is 3.93. The summed E-state index contributed by atoms with van der Waals surface area (Å²) >= 11 is 0. The molecule has 0 spiro atoms. The summed E-state index contributed by atoms with van der Waals surface area (Å²) in [5.41, 5.74) is 1.14. The molecule has 3 atom stereocenters. The Balaban J connectivity index is 2.12. The lowest BCUT2D eigenvalue weighted by Crippen LogP contribution is -2.33. The lowest BCUT2D eigenvalue weighted by atomic mass is 9.80. The molecule has 0 saturated heterocycles. The molecule has 1 saturated carbocycles. The van der Waals surface area contributed by atoms with Gasteiger partial charge in [0.15, 0.2) is 0 Å². The quantitative estimate of drug-likeness (QED) is 0.858. The monoisotopic (exact) mass is 246 g/mol. The SMILES string of the molecule is CC1CCC(Nc2ccc(F)cc2C#N)C(C)C1. The molecule has 0 aliphatic heterocycles. The van der Waals surface area contributed by atoms with Crippen LogP contribution in [0, 0.1) is 29.0 Å². The zero-order chi connectivity index (χ0) is 13.1.